The van der Waals surface area contributed by atoms with Crippen molar-refractivity contribution in [2.75, 3.05) is 17.4 Å². The number of rotatable bonds is 8. The van der Waals surface area contributed by atoms with Crippen molar-refractivity contribution < 1.29 is 42.2 Å². The summed E-state index contributed by atoms with van der Waals surface area (Å²) in [5.74, 6) is -6.83. The summed E-state index contributed by atoms with van der Waals surface area (Å²) in [5.41, 5.74) is 2.95. The third-order valence-corrected chi connectivity index (χ3v) is 12.4. The lowest BCUT2D eigenvalue weighted by molar-refractivity contribution is -0.139. The molecule has 6 unspecified atom stereocenters. The predicted molar refractivity (Wildman–Crippen MR) is 210 cm³/mol. The highest BCUT2D eigenvalue weighted by Gasteiger charge is 2.69. The Morgan fingerprint density at radius 2 is 1.69 bits per heavy atom. The van der Waals surface area contributed by atoms with E-state index < -0.39 is 69.5 Å². The number of nitrogens with zero attached hydrogens (tertiary/aromatic N) is 3. The summed E-state index contributed by atoms with van der Waals surface area (Å²) in [6.45, 7) is 2.00. The van der Waals surface area contributed by atoms with Crippen LogP contribution >= 0.6 is 23.2 Å². The van der Waals surface area contributed by atoms with Gasteiger partial charge < -0.3 is 9.84 Å². The van der Waals surface area contributed by atoms with Crippen LogP contribution in [0.4, 0.5) is 24.7 Å². The first-order valence-corrected chi connectivity index (χ1v) is 19.3. The fourth-order valence-electron chi connectivity index (χ4n) is 9.17. The molecule has 0 spiro atoms. The molecule has 58 heavy (non-hydrogen) atoms. The third kappa shape index (κ3) is 6.22. The Bertz CT molecular complexity index is 2420. The average molecular weight is 832 g/mol. The topological polar surface area (TPSA) is 129 Å². The van der Waals surface area contributed by atoms with Gasteiger partial charge >= 0.3 is 6.18 Å². The number of allylic oxidation sites excluding steroid dienone is 3. The lowest BCUT2D eigenvalue weighted by Crippen LogP contribution is -2.54. The van der Waals surface area contributed by atoms with Gasteiger partial charge in [0.2, 0.25) is 11.8 Å². The zero-order valence-electron chi connectivity index (χ0n) is 31.0. The van der Waals surface area contributed by atoms with Crippen molar-refractivity contribution in [2.45, 2.75) is 37.8 Å². The van der Waals surface area contributed by atoms with Gasteiger partial charge in [0.25, 0.3) is 11.8 Å². The van der Waals surface area contributed by atoms with Gasteiger partial charge in [-0.2, -0.15) is 18.2 Å². The molecule has 15 heteroatoms. The number of aromatic nitrogens is 1. The van der Waals surface area contributed by atoms with E-state index in [2.05, 4.69) is 10.4 Å². The molecule has 1 aromatic heterocycles. The number of hydrogen-bond acceptors (Lipinski definition) is 8. The van der Waals surface area contributed by atoms with Crippen LogP contribution < -0.4 is 15.1 Å². The van der Waals surface area contributed by atoms with Crippen LogP contribution in [0, 0.1) is 29.6 Å². The van der Waals surface area contributed by atoms with E-state index in [-0.39, 0.29) is 36.1 Å². The number of pyridine rings is 1. The maximum atomic E-state index is 15.3. The molecule has 4 amide bonds. The van der Waals surface area contributed by atoms with Crippen molar-refractivity contribution in [1.29, 1.82) is 0 Å². The van der Waals surface area contributed by atoms with Crippen molar-refractivity contribution in [3.63, 3.8) is 0 Å². The highest BCUT2D eigenvalue weighted by atomic mass is 35.5. The summed E-state index contributed by atoms with van der Waals surface area (Å²) in [6, 6.07) is 19.0. The fourth-order valence-corrected chi connectivity index (χ4v) is 9.50. The number of hydrazine groups is 1. The second-order valence-corrected chi connectivity index (χ2v) is 15.6. The first kappa shape index (κ1) is 39.2. The van der Waals surface area contributed by atoms with Crippen LogP contribution in [0.3, 0.4) is 0 Å². The van der Waals surface area contributed by atoms with E-state index in [1.807, 2.05) is 25.1 Å². The molecule has 0 radical (unpaired) electrons. The van der Waals surface area contributed by atoms with Gasteiger partial charge in [-0.1, -0.05) is 84.3 Å². The van der Waals surface area contributed by atoms with Gasteiger partial charge in [0.15, 0.2) is 17.3 Å². The number of aromatic hydroxyl groups is 1. The molecule has 3 heterocycles. The van der Waals surface area contributed by atoms with Crippen molar-refractivity contribution in [3.8, 4) is 11.5 Å². The number of methoxy groups -OCH3 is 1. The summed E-state index contributed by atoms with van der Waals surface area (Å²) < 4.78 is 45.9. The lowest BCUT2D eigenvalue weighted by Gasteiger charge is -2.49. The number of carbonyl (C=O) groups is 4. The molecule has 4 aliphatic rings. The van der Waals surface area contributed by atoms with Gasteiger partial charge in [-0.15, -0.1) is 0 Å². The van der Waals surface area contributed by atoms with Crippen LogP contribution in [0.1, 0.15) is 42.0 Å². The highest BCUT2D eigenvalue weighted by Crippen LogP contribution is 2.62. The normalized spacial score (nSPS) is 25.5. The average Bonchev–Trinajstić information content (AvgIpc) is 3.59. The van der Waals surface area contributed by atoms with Crippen LogP contribution in [0.2, 0.25) is 10.0 Å². The van der Waals surface area contributed by atoms with Crippen LogP contribution in [0.5, 0.6) is 11.5 Å². The number of imide groups is 2. The van der Waals surface area contributed by atoms with E-state index in [1.165, 1.54) is 18.1 Å². The van der Waals surface area contributed by atoms with Gasteiger partial charge in [0.1, 0.15) is 0 Å². The lowest BCUT2D eigenvalue weighted by atomic mass is 9.50. The monoisotopic (exact) mass is 830 g/mol. The van der Waals surface area contributed by atoms with Gasteiger partial charge in [0.05, 0.1) is 46.6 Å². The minimum Gasteiger partial charge on any atom is -0.504 e. The van der Waals surface area contributed by atoms with E-state index in [0.29, 0.717) is 39.7 Å². The molecule has 3 fully saturated rings. The van der Waals surface area contributed by atoms with Crippen molar-refractivity contribution in [1.82, 2.24) is 9.99 Å². The summed E-state index contributed by atoms with van der Waals surface area (Å²) in [5, 5.41) is 10.9. The van der Waals surface area contributed by atoms with Crippen molar-refractivity contribution in [3.05, 3.63) is 129 Å². The Labute approximate surface area is 340 Å². The van der Waals surface area contributed by atoms with Crippen LogP contribution in [-0.4, -0.2) is 45.8 Å². The van der Waals surface area contributed by atoms with E-state index >= 15 is 4.79 Å². The smallest absolute Gasteiger partial charge is 0.417 e. The Hall–Kier alpha value is -5.66. The maximum absolute atomic E-state index is 15.3. The largest absolute Gasteiger partial charge is 0.504 e. The Balaban J connectivity index is 1.28. The Morgan fingerprint density at radius 3 is 2.34 bits per heavy atom. The molecular formula is C43H35Cl2F3N4O6. The first-order valence-electron chi connectivity index (χ1n) is 18.5. The third-order valence-electron chi connectivity index (χ3n) is 11.9. The quantitative estimate of drug-likeness (QED) is 0.134. The molecule has 2 aliphatic carbocycles. The summed E-state index contributed by atoms with van der Waals surface area (Å²) >= 11 is 12.6. The van der Waals surface area contributed by atoms with E-state index in [4.69, 9.17) is 27.9 Å². The molecule has 4 aromatic rings. The first-order chi connectivity index (χ1) is 27.7. The van der Waals surface area contributed by atoms with Gasteiger partial charge in [-0.25, -0.2) is 4.98 Å². The number of amides is 4. The number of aryl methyl sites for hydroxylation is 1. The molecule has 0 bridgehead atoms. The molecule has 3 aromatic carbocycles. The number of nitrogens with one attached hydrogen (secondary N) is 1. The maximum Gasteiger partial charge on any atom is 0.417 e. The summed E-state index contributed by atoms with van der Waals surface area (Å²) in [4.78, 5) is 63.8. The molecule has 2 saturated heterocycles. The molecule has 2 N–H and O–H groups in total. The number of carbonyl (C=O) groups excluding carboxylic acids is 4. The number of ether oxygens (including phenoxy) is 1. The zero-order valence-corrected chi connectivity index (χ0v) is 32.5. The SMILES string of the molecule is CCc1ccc(N2C(=O)C3CC=C4C(CC5C(=O)N(Nc6ncc(C(F)(F)F)cc6Cl)C(=O)C5(c5ccc(Cl)cc5)C4C=Cc4ccc(O)c(OC)c4)C3C2=O)cc1. The fraction of sp³-hybridized carbons (Fsp3) is 0.279. The van der Waals surface area contributed by atoms with E-state index in [1.54, 1.807) is 60.7 Å². The second kappa shape index (κ2) is 14.6. The van der Waals surface area contributed by atoms with Gasteiger partial charge in [-0.05, 0) is 84.3 Å². The van der Waals surface area contributed by atoms with Crippen LogP contribution in [-0.2, 0) is 37.2 Å². The number of phenols is 1. The number of phenolic OH excluding ortho intramolecular Hbond substituents is 1. The predicted octanol–water partition coefficient (Wildman–Crippen LogP) is 8.42. The minimum absolute atomic E-state index is 0.0223. The molecule has 1 saturated carbocycles. The molecule has 8 rings (SSSR count). The number of benzene rings is 3. The van der Waals surface area contributed by atoms with Gasteiger partial charge in [-0.3, -0.25) is 29.5 Å². The number of hydrogen-bond donors (Lipinski definition) is 2. The highest BCUT2D eigenvalue weighted by molar-refractivity contribution is 6.33. The Morgan fingerprint density at radius 1 is 0.966 bits per heavy atom. The summed E-state index contributed by atoms with van der Waals surface area (Å²) in [6.07, 6.45) is 2.12. The number of halogens is 5. The van der Waals surface area contributed by atoms with Crippen molar-refractivity contribution in [2.24, 2.45) is 29.6 Å². The van der Waals surface area contributed by atoms with E-state index in [9.17, 15) is 32.7 Å². The number of alkyl halides is 3. The molecular weight excluding hydrogens is 796 g/mol. The minimum atomic E-state index is -4.75. The van der Waals surface area contributed by atoms with Crippen LogP contribution in [0.15, 0.2) is 96.7 Å². The second-order valence-electron chi connectivity index (χ2n) is 14.8. The zero-order chi connectivity index (χ0) is 41.3. The van der Waals surface area contributed by atoms with Gasteiger partial charge in [0, 0.05) is 17.1 Å². The molecule has 6 atom stereocenters. The standard InChI is InChI=1S/C43H35Cl2F3N4O6/c1-3-22-4-12-27(13-5-22)51-38(54)29-15-14-28-30(36(29)40(51)56)20-32-39(55)52(50-37-33(45)19-25(21-49-37)43(46,47)48)41(57)42(32,24-8-10-26(44)11-9-24)31(28)16-6-23-7-17-34(53)35(18-23)58-2/h4-14,16-19,21,29-32,36,53H,3,15,20H2,1-2H3,(H,49,50). The number of fused-ring (bicyclic) bond motifs is 4. The Kier molecular flexibility index (Phi) is 9.87. The summed E-state index contributed by atoms with van der Waals surface area (Å²) in [7, 11) is 1.40. The molecule has 298 valence electrons. The molecule has 10 nitrogen and oxygen atoms in total. The van der Waals surface area contributed by atoms with Crippen molar-refractivity contribution >= 4 is 64.4 Å². The number of anilines is 2. The molecule has 2 aliphatic heterocycles. The van der Waals surface area contributed by atoms with Crippen LogP contribution in [0.25, 0.3) is 6.08 Å². The van der Waals surface area contributed by atoms with E-state index in [0.717, 1.165) is 17.0 Å².